The molecule has 138 valence electrons. The summed E-state index contributed by atoms with van der Waals surface area (Å²) in [6, 6.07) is 1.03. The molecule has 2 aliphatic heterocycles. The highest BCUT2D eigenvalue weighted by atomic mass is 35.5. The zero-order valence-corrected chi connectivity index (χ0v) is 15.3. The predicted molar refractivity (Wildman–Crippen MR) is 94.4 cm³/mol. The van der Waals surface area contributed by atoms with Crippen LogP contribution in [0, 0.1) is 0 Å². The van der Waals surface area contributed by atoms with Crippen LogP contribution in [0.2, 0.25) is 0 Å². The largest absolute Gasteiger partial charge is 0.465 e. The number of amides is 2. The Bertz CT molecular complexity index is 647. The zero-order valence-electron chi connectivity index (χ0n) is 13.6. The Morgan fingerprint density at radius 1 is 1.48 bits per heavy atom. The molecule has 2 saturated heterocycles. The number of methoxy groups -OCH3 is 1. The molecule has 2 atom stereocenters. The summed E-state index contributed by atoms with van der Waals surface area (Å²) in [5, 5.41) is 8.12. The van der Waals surface area contributed by atoms with Crippen molar-refractivity contribution < 1.29 is 23.9 Å². The van der Waals surface area contributed by atoms with Crippen LogP contribution in [0.4, 0.5) is 5.00 Å². The lowest BCUT2D eigenvalue weighted by Gasteiger charge is -2.24. The molecule has 2 amide bonds. The third-order valence-electron chi connectivity index (χ3n) is 4.04. The fourth-order valence-electron chi connectivity index (χ4n) is 2.79. The minimum Gasteiger partial charge on any atom is -0.465 e. The number of thiophene rings is 1. The van der Waals surface area contributed by atoms with Gasteiger partial charge in [0.25, 0.3) is 5.91 Å². The highest BCUT2D eigenvalue weighted by molar-refractivity contribution is 7.14. The minimum atomic E-state index is -0.601. The summed E-state index contributed by atoms with van der Waals surface area (Å²) >= 11 is 1.30. The third-order valence-corrected chi connectivity index (χ3v) is 4.97. The van der Waals surface area contributed by atoms with E-state index >= 15 is 0 Å². The van der Waals surface area contributed by atoms with Crippen molar-refractivity contribution in [2.24, 2.45) is 0 Å². The van der Waals surface area contributed by atoms with Crippen LogP contribution in [0.3, 0.4) is 0 Å². The van der Waals surface area contributed by atoms with Gasteiger partial charge in [-0.2, -0.15) is 0 Å². The van der Waals surface area contributed by atoms with E-state index in [4.69, 9.17) is 9.47 Å². The molecule has 0 aromatic carbocycles. The van der Waals surface area contributed by atoms with E-state index in [1.807, 2.05) is 0 Å². The number of rotatable bonds is 4. The summed E-state index contributed by atoms with van der Waals surface area (Å²) in [5.41, 5.74) is 0.364. The van der Waals surface area contributed by atoms with Crippen molar-refractivity contribution >= 4 is 46.5 Å². The van der Waals surface area contributed by atoms with Gasteiger partial charge in [-0.1, -0.05) is 0 Å². The van der Waals surface area contributed by atoms with E-state index in [0.717, 1.165) is 0 Å². The molecule has 2 N–H and O–H groups in total. The quantitative estimate of drug-likeness (QED) is 0.712. The number of nitrogens with one attached hydrogen (secondary N) is 2. The van der Waals surface area contributed by atoms with Gasteiger partial charge < -0.3 is 25.0 Å². The summed E-state index contributed by atoms with van der Waals surface area (Å²) in [5.74, 6) is -0.991. The average Bonchev–Trinajstić information content (AvgIpc) is 3.22. The summed E-state index contributed by atoms with van der Waals surface area (Å²) in [6.07, 6.45) is -0.0866. The molecule has 2 fully saturated rings. The first kappa shape index (κ1) is 19.6. The molecule has 0 saturated carbocycles. The molecule has 3 heterocycles. The van der Waals surface area contributed by atoms with Crippen LogP contribution in [0.1, 0.15) is 16.8 Å². The van der Waals surface area contributed by atoms with Crippen molar-refractivity contribution in [1.82, 2.24) is 10.6 Å². The number of carbonyl (C=O) groups is 3. The first-order valence-electron chi connectivity index (χ1n) is 7.71. The first-order valence-corrected chi connectivity index (χ1v) is 8.59. The van der Waals surface area contributed by atoms with Gasteiger partial charge in [0.2, 0.25) is 5.91 Å². The minimum absolute atomic E-state index is 0. The van der Waals surface area contributed by atoms with Gasteiger partial charge in [0.1, 0.15) is 17.1 Å². The van der Waals surface area contributed by atoms with Gasteiger partial charge in [0, 0.05) is 19.6 Å². The van der Waals surface area contributed by atoms with Crippen molar-refractivity contribution in [2.45, 2.75) is 18.6 Å². The number of esters is 1. The molecule has 0 spiro atoms. The van der Waals surface area contributed by atoms with Crippen LogP contribution in [0.25, 0.3) is 0 Å². The molecule has 2 unspecified atom stereocenters. The van der Waals surface area contributed by atoms with Gasteiger partial charge in [-0.15, -0.1) is 23.7 Å². The van der Waals surface area contributed by atoms with Crippen LogP contribution in [0.15, 0.2) is 11.4 Å². The Hall–Kier alpha value is -1.68. The molecule has 1 aromatic rings. The average molecular weight is 390 g/mol. The number of carbonyl (C=O) groups excluding carboxylic acids is 3. The van der Waals surface area contributed by atoms with Gasteiger partial charge in [0.05, 0.1) is 19.3 Å². The second-order valence-electron chi connectivity index (χ2n) is 5.53. The monoisotopic (exact) mass is 389 g/mol. The summed E-state index contributed by atoms with van der Waals surface area (Å²) in [4.78, 5) is 38.1. The van der Waals surface area contributed by atoms with Crippen molar-refractivity contribution in [3.05, 3.63) is 17.0 Å². The second kappa shape index (κ2) is 8.61. The normalized spacial score (nSPS) is 23.1. The Morgan fingerprint density at radius 3 is 2.96 bits per heavy atom. The summed E-state index contributed by atoms with van der Waals surface area (Å²) in [6.45, 7) is 2.07. The van der Waals surface area contributed by atoms with E-state index in [2.05, 4.69) is 10.6 Å². The number of ether oxygens (including phenoxy) is 2. The fourth-order valence-corrected chi connectivity index (χ4v) is 3.71. The van der Waals surface area contributed by atoms with Gasteiger partial charge >= 0.3 is 5.97 Å². The van der Waals surface area contributed by atoms with Crippen molar-refractivity contribution in [2.75, 3.05) is 38.3 Å². The molecule has 0 aliphatic carbocycles. The highest BCUT2D eigenvalue weighted by Gasteiger charge is 2.37. The molecular formula is C15H20ClN3O5S. The van der Waals surface area contributed by atoms with Crippen LogP contribution in [0.5, 0.6) is 0 Å². The molecular weight excluding hydrogens is 370 g/mol. The lowest BCUT2D eigenvalue weighted by Crippen LogP contribution is -2.51. The maximum Gasteiger partial charge on any atom is 0.340 e. The van der Waals surface area contributed by atoms with Crippen molar-refractivity contribution in [1.29, 1.82) is 0 Å². The zero-order chi connectivity index (χ0) is 17.1. The number of hydrogen-bond acceptors (Lipinski definition) is 7. The molecule has 25 heavy (non-hydrogen) atoms. The summed E-state index contributed by atoms with van der Waals surface area (Å²) < 4.78 is 10.1. The van der Waals surface area contributed by atoms with Crippen molar-refractivity contribution in [3.63, 3.8) is 0 Å². The summed E-state index contributed by atoms with van der Waals surface area (Å²) in [7, 11) is 1.30. The van der Waals surface area contributed by atoms with Crippen LogP contribution in [-0.2, 0) is 19.1 Å². The Kier molecular flexibility index (Phi) is 6.77. The fraction of sp³-hybridized carbons (Fsp3) is 0.533. The topological polar surface area (TPSA) is 97.0 Å². The van der Waals surface area contributed by atoms with Gasteiger partial charge in [0.15, 0.2) is 0 Å². The number of anilines is 1. The Morgan fingerprint density at radius 2 is 2.28 bits per heavy atom. The first-order chi connectivity index (χ1) is 11.6. The standard InChI is InChI=1S/C15H19N3O5S.ClH/c1-22-15(21)9-3-7-24-14(9)18-5-2-10(13(18)20)17-12(19)11-8-16-4-6-23-11;/h3,7,10-11,16H,2,4-6,8H2,1H3,(H,17,19);1H. The van der Waals surface area contributed by atoms with Crippen LogP contribution in [-0.4, -0.2) is 63.3 Å². The van der Waals surface area contributed by atoms with E-state index in [1.54, 1.807) is 11.4 Å². The maximum atomic E-state index is 12.6. The van der Waals surface area contributed by atoms with Gasteiger partial charge in [-0.3, -0.25) is 9.59 Å². The predicted octanol–water partition coefficient (Wildman–Crippen LogP) is 0.166. The lowest BCUT2D eigenvalue weighted by molar-refractivity contribution is -0.136. The van der Waals surface area contributed by atoms with E-state index in [-0.39, 0.29) is 24.2 Å². The van der Waals surface area contributed by atoms with E-state index in [0.29, 0.717) is 43.2 Å². The number of hydrogen-bond donors (Lipinski definition) is 2. The molecule has 3 rings (SSSR count). The number of morpholine rings is 1. The van der Waals surface area contributed by atoms with E-state index in [1.165, 1.54) is 23.3 Å². The lowest BCUT2D eigenvalue weighted by atomic mass is 10.2. The van der Waals surface area contributed by atoms with Gasteiger partial charge in [-0.05, 0) is 17.9 Å². The van der Waals surface area contributed by atoms with E-state index < -0.39 is 18.1 Å². The number of nitrogens with zero attached hydrogens (tertiary/aromatic N) is 1. The molecule has 0 bridgehead atoms. The highest BCUT2D eigenvalue weighted by Crippen LogP contribution is 2.31. The Balaban J connectivity index is 0.00000225. The van der Waals surface area contributed by atoms with Crippen LogP contribution < -0.4 is 15.5 Å². The third kappa shape index (κ3) is 4.12. The molecule has 1 aromatic heterocycles. The maximum absolute atomic E-state index is 12.6. The second-order valence-corrected chi connectivity index (χ2v) is 6.43. The molecule has 0 radical (unpaired) electrons. The SMILES string of the molecule is COC(=O)c1ccsc1N1CCC(NC(=O)C2CNCCO2)C1=O.Cl. The Labute approximate surface area is 155 Å². The van der Waals surface area contributed by atoms with Crippen molar-refractivity contribution in [3.8, 4) is 0 Å². The molecule has 2 aliphatic rings. The molecule has 8 nitrogen and oxygen atoms in total. The smallest absolute Gasteiger partial charge is 0.340 e. The number of halogens is 1. The van der Waals surface area contributed by atoms with E-state index in [9.17, 15) is 14.4 Å². The van der Waals surface area contributed by atoms with Crippen LogP contribution >= 0.6 is 23.7 Å². The molecule has 10 heteroatoms. The van der Waals surface area contributed by atoms with Gasteiger partial charge in [-0.25, -0.2) is 4.79 Å².